The summed E-state index contributed by atoms with van der Waals surface area (Å²) in [5.74, 6) is 0.430. The van der Waals surface area contributed by atoms with E-state index in [1.54, 1.807) is 6.92 Å². The number of rotatable bonds is 11. The number of morpholine rings is 1. The molecule has 0 aromatic rings. The lowest BCUT2D eigenvalue weighted by Gasteiger charge is -2.33. The molecule has 0 aromatic carbocycles. The van der Waals surface area contributed by atoms with Crippen molar-refractivity contribution in [1.82, 2.24) is 20.3 Å². The molecule has 0 aliphatic carbocycles. The predicted molar refractivity (Wildman–Crippen MR) is 133 cm³/mol. The quantitative estimate of drug-likeness (QED) is 0.150. The van der Waals surface area contributed by atoms with E-state index in [2.05, 4.69) is 25.2 Å². The Bertz CT molecular complexity index is 623. The zero-order chi connectivity index (χ0) is 21.9. The fraction of sp³-hybridized carbons (Fsp3) is 0.947. The maximum Gasteiger partial charge on any atom is 0.213 e. The van der Waals surface area contributed by atoms with Crippen LogP contribution in [0.5, 0.6) is 0 Å². The summed E-state index contributed by atoms with van der Waals surface area (Å²) in [5.41, 5.74) is -0.979. The smallest absolute Gasteiger partial charge is 0.213 e. The van der Waals surface area contributed by atoms with E-state index in [9.17, 15) is 13.5 Å². The van der Waals surface area contributed by atoms with Gasteiger partial charge in [0.05, 0.1) is 37.2 Å². The third kappa shape index (κ3) is 12.5. The van der Waals surface area contributed by atoms with Crippen LogP contribution in [-0.2, 0) is 19.5 Å². The minimum absolute atomic E-state index is 0. The number of sulfonamides is 1. The zero-order valence-corrected chi connectivity index (χ0v) is 21.9. The SMILES string of the molecule is CCNC(=NCC(C)(O)CN1CCOCC1)NCCS(=O)(=O)NCC1CCCCO1.I. The molecule has 2 saturated heterocycles. The maximum atomic E-state index is 12.2. The van der Waals surface area contributed by atoms with Gasteiger partial charge in [0.1, 0.15) is 0 Å². The number of aliphatic hydroxyl groups is 1. The first-order valence-corrected chi connectivity index (χ1v) is 12.6. The van der Waals surface area contributed by atoms with Gasteiger partial charge in [-0.2, -0.15) is 0 Å². The fourth-order valence-electron chi connectivity index (χ4n) is 3.45. The highest BCUT2D eigenvalue weighted by molar-refractivity contribution is 14.0. The molecule has 10 nitrogen and oxygen atoms in total. The molecule has 0 radical (unpaired) electrons. The number of β-amino-alcohol motifs (C(OH)–C–C–N with tert-alkyl or cyclic N) is 1. The van der Waals surface area contributed by atoms with E-state index in [4.69, 9.17) is 9.47 Å². The van der Waals surface area contributed by atoms with Crippen LogP contribution in [-0.4, -0.2) is 107 Å². The summed E-state index contributed by atoms with van der Waals surface area (Å²) < 4.78 is 38.0. The van der Waals surface area contributed by atoms with Crippen LogP contribution in [0.2, 0.25) is 0 Å². The predicted octanol–water partition coefficient (Wildman–Crippen LogP) is -0.269. The van der Waals surface area contributed by atoms with Crippen molar-refractivity contribution in [3.63, 3.8) is 0 Å². The monoisotopic (exact) mass is 577 g/mol. The van der Waals surface area contributed by atoms with Gasteiger partial charge in [-0.1, -0.05) is 0 Å². The summed E-state index contributed by atoms with van der Waals surface area (Å²) in [4.78, 5) is 6.60. The number of hydrogen-bond donors (Lipinski definition) is 4. The molecule has 184 valence electrons. The van der Waals surface area contributed by atoms with Crippen molar-refractivity contribution in [3.8, 4) is 0 Å². The van der Waals surface area contributed by atoms with Gasteiger partial charge in [0.2, 0.25) is 10.0 Å². The average Bonchev–Trinajstić information content (AvgIpc) is 2.72. The Morgan fingerprint density at radius 1 is 1.23 bits per heavy atom. The topological polar surface area (TPSA) is 125 Å². The highest BCUT2D eigenvalue weighted by Gasteiger charge is 2.25. The van der Waals surface area contributed by atoms with Crippen molar-refractivity contribution in [3.05, 3.63) is 0 Å². The Hall–Kier alpha value is -0.250. The summed E-state index contributed by atoms with van der Waals surface area (Å²) in [7, 11) is -3.40. The molecule has 2 rings (SSSR count). The van der Waals surface area contributed by atoms with Gasteiger partial charge in [0.15, 0.2) is 5.96 Å². The highest BCUT2D eigenvalue weighted by Crippen LogP contribution is 2.12. The molecule has 2 unspecified atom stereocenters. The second-order valence-electron chi connectivity index (χ2n) is 8.16. The molecule has 4 N–H and O–H groups in total. The summed E-state index contributed by atoms with van der Waals surface area (Å²) in [6.45, 7) is 9.27. The zero-order valence-electron chi connectivity index (χ0n) is 18.8. The Morgan fingerprint density at radius 2 is 1.97 bits per heavy atom. The first kappa shape index (κ1) is 28.8. The van der Waals surface area contributed by atoms with Crippen molar-refractivity contribution in [1.29, 1.82) is 0 Å². The minimum atomic E-state index is -3.40. The molecular weight excluding hydrogens is 537 g/mol. The van der Waals surface area contributed by atoms with Crippen LogP contribution in [0.25, 0.3) is 0 Å². The van der Waals surface area contributed by atoms with Crippen LogP contribution >= 0.6 is 24.0 Å². The molecule has 31 heavy (non-hydrogen) atoms. The van der Waals surface area contributed by atoms with E-state index < -0.39 is 15.6 Å². The van der Waals surface area contributed by atoms with Gasteiger partial charge in [-0.25, -0.2) is 13.1 Å². The number of aliphatic imine (C=N–C) groups is 1. The molecular formula is C19H40IN5O5S. The summed E-state index contributed by atoms with van der Waals surface area (Å²) in [6, 6.07) is 0. The van der Waals surface area contributed by atoms with Crippen molar-refractivity contribution in [2.75, 3.05) is 71.4 Å². The van der Waals surface area contributed by atoms with Gasteiger partial charge in [0.25, 0.3) is 0 Å². The molecule has 0 bridgehead atoms. The summed E-state index contributed by atoms with van der Waals surface area (Å²) >= 11 is 0. The molecule has 2 aliphatic rings. The third-order valence-electron chi connectivity index (χ3n) is 5.06. The molecule has 0 aromatic heterocycles. The van der Waals surface area contributed by atoms with Crippen LogP contribution in [0.15, 0.2) is 4.99 Å². The van der Waals surface area contributed by atoms with Crippen molar-refractivity contribution in [2.45, 2.75) is 44.8 Å². The molecule has 0 amide bonds. The lowest BCUT2D eigenvalue weighted by atomic mass is 10.1. The van der Waals surface area contributed by atoms with Crippen molar-refractivity contribution >= 4 is 40.0 Å². The number of halogens is 1. The average molecular weight is 578 g/mol. The van der Waals surface area contributed by atoms with Crippen LogP contribution in [0, 0.1) is 0 Å². The first-order chi connectivity index (χ1) is 14.3. The Morgan fingerprint density at radius 3 is 2.61 bits per heavy atom. The summed E-state index contributed by atoms with van der Waals surface area (Å²) in [6.07, 6.45) is 2.97. The van der Waals surface area contributed by atoms with E-state index >= 15 is 0 Å². The van der Waals surface area contributed by atoms with E-state index in [1.807, 2.05) is 6.92 Å². The van der Waals surface area contributed by atoms with Gasteiger partial charge < -0.3 is 25.2 Å². The van der Waals surface area contributed by atoms with E-state index in [0.717, 1.165) is 32.4 Å². The Labute approximate surface area is 204 Å². The van der Waals surface area contributed by atoms with Crippen molar-refractivity contribution < 1.29 is 23.0 Å². The minimum Gasteiger partial charge on any atom is -0.387 e. The van der Waals surface area contributed by atoms with Crippen LogP contribution in [0.1, 0.15) is 33.1 Å². The Kier molecular flexibility index (Phi) is 13.7. The van der Waals surface area contributed by atoms with Gasteiger partial charge in [-0.15, -0.1) is 24.0 Å². The second-order valence-corrected chi connectivity index (χ2v) is 10.1. The maximum absolute atomic E-state index is 12.2. The largest absolute Gasteiger partial charge is 0.387 e. The molecule has 2 heterocycles. The van der Waals surface area contributed by atoms with Crippen LogP contribution in [0.4, 0.5) is 0 Å². The molecule has 12 heteroatoms. The number of ether oxygens (including phenoxy) is 2. The van der Waals surface area contributed by atoms with Crippen LogP contribution < -0.4 is 15.4 Å². The number of nitrogens with one attached hydrogen (secondary N) is 3. The van der Waals surface area contributed by atoms with E-state index in [0.29, 0.717) is 45.4 Å². The van der Waals surface area contributed by atoms with Crippen LogP contribution in [0.3, 0.4) is 0 Å². The molecule has 0 spiro atoms. The second kappa shape index (κ2) is 14.8. The van der Waals surface area contributed by atoms with Gasteiger partial charge in [-0.3, -0.25) is 9.89 Å². The summed E-state index contributed by atoms with van der Waals surface area (Å²) in [5, 5.41) is 16.8. The van der Waals surface area contributed by atoms with E-state index in [1.165, 1.54) is 0 Å². The van der Waals surface area contributed by atoms with E-state index in [-0.39, 0.29) is 48.9 Å². The molecule has 2 aliphatic heterocycles. The molecule has 2 fully saturated rings. The molecule has 0 saturated carbocycles. The van der Waals surface area contributed by atoms with Crippen molar-refractivity contribution in [2.24, 2.45) is 4.99 Å². The fourth-order valence-corrected chi connectivity index (χ4v) is 4.40. The van der Waals surface area contributed by atoms with Gasteiger partial charge in [0, 0.05) is 45.9 Å². The number of guanidine groups is 1. The Balaban J connectivity index is 0.00000480. The first-order valence-electron chi connectivity index (χ1n) is 10.9. The lowest BCUT2D eigenvalue weighted by Crippen LogP contribution is -2.48. The standard InChI is InChI=1S/C19H39N5O5S.HI/c1-3-20-18(22-15-19(2,25)16-24-8-11-28-12-9-24)21-7-13-30(26,27)23-14-17-6-4-5-10-29-17;/h17,23,25H,3-16H2,1-2H3,(H2,20,21,22);1H. The number of nitrogens with zero attached hydrogens (tertiary/aromatic N) is 2. The highest BCUT2D eigenvalue weighted by atomic mass is 127. The normalized spacial score (nSPS) is 22.9. The lowest BCUT2D eigenvalue weighted by molar-refractivity contribution is -0.0180. The number of hydrogen-bond acceptors (Lipinski definition) is 7. The van der Waals surface area contributed by atoms with Gasteiger partial charge in [-0.05, 0) is 33.1 Å². The molecule has 2 atom stereocenters. The third-order valence-corrected chi connectivity index (χ3v) is 6.41. The van der Waals surface area contributed by atoms with Gasteiger partial charge >= 0.3 is 0 Å².